The predicted molar refractivity (Wildman–Crippen MR) is 140 cm³/mol. The number of aromatic nitrogens is 4. The molecule has 0 aliphatic carbocycles. The molecule has 2 aromatic heterocycles. The summed E-state index contributed by atoms with van der Waals surface area (Å²) in [6.07, 6.45) is -0.538. The van der Waals surface area contributed by atoms with Gasteiger partial charge in [-0.25, -0.2) is 9.48 Å². The molecule has 0 saturated heterocycles. The van der Waals surface area contributed by atoms with Gasteiger partial charge in [-0.3, -0.25) is 0 Å². The van der Waals surface area contributed by atoms with Gasteiger partial charge in [0, 0.05) is 33.6 Å². The summed E-state index contributed by atoms with van der Waals surface area (Å²) in [5.41, 5.74) is 4.41. The lowest BCUT2D eigenvalue weighted by atomic mass is 10.1. The van der Waals surface area contributed by atoms with E-state index < -0.39 is 12.2 Å². The lowest BCUT2D eigenvalue weighted by molar-refractivity contribution is 0.117. The van der Waals surface area contributed by atoms with E-state index in [1.165, 1.54) is 7.05 Å². The quantitative estimate of drug-likeness (QED) is 0.383. The van der Waals surface area contributed by atoms with Crippen molar-refractivity contribution < 1.29 is 14.3 Å². The number of nitrogens with one attached hydrogen (secondary N) is 1. The van der Waals surface area contributed by atoms with Gasteiger partial charge in [0.25, 0.3) is 0 Å². The summed E-state index contributed by atoms with van der Waals surface area (Å²) in [5.74, 6) is 1.14. The third-order valence-electron chi connectivity index (χ3n) is 5.98. The van der Waals surface area contributed by atoms with Crippen LogP contribution in [0.15, 0.2) is 48.5 Å². The Morgan fingerprint density at radius 3 is 2.59 bits per heavy atom. The second-order valence-electron chi connectivity index (χ2n) is 8.71. The van der Waals surface area contributed by atoms with Crippen molar-refractivity contribution in [2.24, 2.45) is 0 Å². The normalized spacial score (nSPS) is 11.6. The molecule has 37 heavy (non-hydrogen) atoms. The Labute approximate surface area is 215 Å². The van der Waals surface area contributed by atoms with E-state index in [2.05, 4.69) is 21.6 Å². The van der Waals surface area contributed by atoms with Crippen LogP contribution >= 0.6 is 0 Å². The molecule has 0 fully saturated rings. The van der Waals surface area contributed by atoms with Gasteiger partial charge in [0.05, 0.1) is 35.0 Å². The molecule has 190 valence electrons. The van der Waals surface area contributed by atoms with Gasteiger partial charge in [-0.05, 0) is 31.5 Å². The number of carbonyl (C=O) groups is 1. The fourth-order valence-corrected chi connectivity index (χ4v) is 4.15. The summed E-state index contributed by atoms with van der Waals surface area (Å²) < 4.78 is 13.6. The van der Waals surface area contributed by atoms with Gasteiger partial charge in [0.2, 0.25) is 0 Å². The number of carbonyl (C=O) groups excluding carboxylic acids is 1. The number of nitriles is 1. The van der Waals surface area contributed by atoms with Crippen LogP contribution in [0.5, 0.6) is 5.75 Å². The SMILES string of the molecule is CNC(=O)OCCC(Oc1cc(C#N)ccc1-n1nc2c(N(C)C)nnc(C)c2c1C)c1ccccc1. The van der Waals surface area contributed by atoms with Crippen LogP contribution in [0.25, 0.3) is 16.6 Å². The fourth-order valence-electron chi connectivity index (χ4n) is 4.15. The topological polar surface area (TPSA) is 118 Å². The summed E-state index contributed by atoms with van der Waals surface area (Å²) in [5, 5.41) is 26.5. The third-order valence-corrected chi connectivity index (χ3v) is 5.98. The van der Waals surface area contributed by atoms with E-state index in [9.17, 15) is 10.1 Å². The second kappa shape index (κ2) is 11.0. The molecule has 2 heterocycles. The van der Waals surface area contributed by atoms with Crippen LogP contribution in [0.1, 0.15) is 35.0 Å². The third kappa shape index (κ3) is 5.30. The molecule has 0 aliphatic heterocycles. The number of fused-ring (bicyclic) bond motifs is 1. The average Bonchev–Trinajstić information content (AvgIpc) is 3.25. The van der Waals surface area contributed by atoms with Crippen molar-refractivity contribution in [3.05, 3.63) is 71.0 Å². The molecule has 10 heteroatoms. The van der Waals surface area contributed by atoms with Crippen molar-refractivity contribution >= 4 is 22.8 Å². The van der Waals surface area contributed by atoms with Crippen LogP contribution in [0, 0.1) is 25.2 Å². The molecular formula is C27H29N7O3. The van der Waals surface area contributed by atoms with Gasteiger partial charge < -0.3 is 19.7 Å². The molecule has 0 saturated carbocycles. The smallest absolute Gasteiger partial charge is 0.406 e. The highest BCUT2D eigenvalue weighted by molar-refractivity contribution is 5.92. The number of hydrogen-bond acceptors (Lipinski definition) is 8. The van der Waals surface area contributed by atoms with Crippen LogP contribution in [0.3, 0.4) is 0 Å². The van der Waals surface area contributed by atoms with Crippen LogP contribution < -0.4 is 15.0 Å². The van der Waals surface area contributed by atoms with E-state index in [1.54, 1.807) is 16.8 Å². The summed E-state index contributed by atoms with van der Waals surface area (Å²) in [7, 11) is 5.31. The molecule has 2 aromatic carbocycles. The first-order valence-corrected chi connectivity index (χ1v) is 11.8. The number of nitrogens with zero attached hydrogens (tertiary/aromatic N) is 6. The van der Waals surface area contributed by atoms with Gasteiger partial charge in [-0.1, -0.05) is 30.3 Å². The highest BCUT2D eigenvalue weighted by atomic mass is 16.5. The summed E-state index contributed by atoms with van der Waals surface area (Å²) >= 11 is 0. The monoisotopic (exact) mass is 499 g/mol. The molecule has 4 rings (SSSR count). The zero-order chi connectivity index (χ0) is 26.5. The van der Waals surface area contributed by atoms with Crippen molar-refractivity contribution in [2.75, 3.05) is 32.6 Å². The van der Waals surface area contributed by atoms with Crippen molar-refractivity contribution in [3.8, 4) is 17.5 Å². The van der Waals surface area contributed by atoms with Crippen molar-refractivity contribution in [2.45, 2.75) is 26.4 Å². The molecule has 1 N–H and O–H groups in total. The zero-order valence-electron chi connectivity index (χ0n) is 21.5. The molecule has 4 aromatic rings. The standard InChI is InChI=1S/C27H29N7O3/c1-17-24-18(2)34(32-25(24)26(31-30-17)33(4)5)21-12-11-19(16-28)15-23(21)37-22(13-14-36-27(35)29-3)20-9-7-6-8-10-20/h6-12,15,22H,13-14H2,1-5H3,(H,29,35). The maximum absolute atomic E-state index is 11.6. The van der Waals surface area contributed by atoms with Gasteiger partial charge in [0.1, 0.15) is 23.1 Å². The van der Waals surface area contributed by atoms with E-state index in [4.69, 9.17) is 14.6 Å². The number of hydrogen-bond donors (Lipinski definition) is 1. The van der Waals surface area contributed by atoms with Crippen molar-refractivity contribution in [3.63, 3.8) is 0 Å². The average molecular weight is 500 g/mol. The minimum absolute atomic E-state index is 0.153. The molecule has 1 amide bonds. The molecule has 0 spiro atoms. The number of alkyl carbamates (subject to hydrolysis) is 1. The Hall–Kier alpha value is -4.65. The summed E-state index contributed by atoms with van der Waals surface area (Å²) in [4.78, 5) is 13.5. The van der Waals surface area contributed by atoms with Crippen LogP contribution in [0.4, 0.5) is 10.6 Å². The van der Waals surface area contributed by atoms with E-state index in [1.807, 2.05) is 69.2 Å². The zero-order valence-corrected chi connectivity index (χ0v) is 21.5. The van der Waals surface area contributed by atoms with Crippen LogP contribution in [-0.4, -0.2) is 53.8 Å². The molecule has 1 atom stereocenters. The van der Waals surface area contributed by atoms with Crippen LogP contribution in [0.2, 0.25) is 0 Å². The minimum atomic E-state index is -0.507. The van der Waals surface area contributed by atoms with E-state index in [0.29, 0.717) is 29.2 Å². The number of rotatable bonds is 8. The fraction of sp³-hybridized carbons (Fsp3) is 0.296. The van der Waals surface area contributed by atoms with Gasteiger partial charge >= 0.3 is 6.09 Å². The van der Waals surface area contributed by atoms with Gasteiger partial charge in [-0.2, -0.15) is 15.5 Å². The Morgan fingerprint density at radius 2 is 1.92 bits per heavy atom. The molecule has 0 bridgehead atoms. The van der Waals surface area contributed by atoms with Gasteiger partial charge in [0.15, 0.2) is 5.82 Å². The number of amides is 1. The van der Waals surface area contributed by atoms with E-state index in [0.717, 1.165) is 27.9 Å². The lowest BCUT2D eigenvalue weighted by Gasteiger charge is -2.22. The number of benzene rings is 2. The number of anilines is 1. The Kier molecular flexibility index (Phi) is 7.53. The summed E-state index contributed by atoms with van der Waals surface area (Å²) in [6.45, 7) is 4.03. The Balaban J connectivity index is 1.80. The van der Waals surface area contributed by atoms with Crippen molar-refractivity contribution in [1.82, 2.24) is 25.3 Å². The molecule has 0 radical (unpaired) electrons. The highest BCUT2D eigenvalue weighted by Crippen LogP contribution is 2.34. The maximum Gasteiger partial charge on any atom is 0.406 e. The first kappa shape index (κ1) is 25.4. The van der Waals surface area contributed by atoms with Gasteiger partial charge in [-0.15, -0.1) is 5.10 Å². The number of ether oxygens (including phenoxy) is 2. The first-order chi connectivity index (χ1) is 17.8. The molecule has 10 nitrogen and oxygen atoms in total. The Morgan fingerprint density at radius 1 is 1.16 bits per heavy atom. The second-order valence-corrected chi connectivity index (χ2v) is 8.71. The largest absolute Gasteiger partial charge is 0.483 e. The molecule has 0 aliphatic rings. The Bertz CT molecular complexity index is 1460. The lowest BCUT2D eigenvalue weighted by Crippen LogP contribution is -2.21. The number of aryl methyl sites for hydroxylation is 2. The molecular weight excluding hydrogens is 470 g/mol. The first-order valence-electron chi connectivity index (χ1n) is 11.8. The van der Waals surface area contributed by atoms with Crippen molar-refractivity contribution in [1.29, 1.82) is 5.26 Å². The van der Waals surface area contributed by atoms with E-state index in [-0.39, 0.29) is 6.61 Å². The predicted octanol–water partition coefficient (Wildman–Crippen LogP) is 4.24. The summed E-state index contributed by atoms with van der Waals surface area (Å²) in [6, 6.07) is 17.1. The minimum Gasteiger partial charge on any atom is -0.483 e. The van der Waals surface area contributed by atoms with E-state index >= 15 is 0 Å². The van der Waals surface area contributed by atoms with Crippen LogP contribution in [-0.2, 0) is 4.74 Å². The maximum atomic E-state index is 11.6. The molecule has 1 unspecified atom stereocenters. The highest BCUT2D eigenvalue weighted by Gasteiger charge is 2.22.